The van der Waals surface area contributed by atoms with E-state index in [1.807, 2.05) is 25.2 Å². The first-order valence-corrected chi connectivity index (χ1v) is 5.73. The zero-order valence-electron chi connectivity index (χ0n) is 10.3. The quantitative estimate of drug-likeness (QED) is 0.853. The Morgan fingerprint density at radius 3 is 2.71 bits per heavy atom. The highest BCUT2D eigenvalue weighted by molar-refractivity contribution is 5.33. The van der Waals surface area contributed by atoms with Crippen LogP contribution < -0.4 is 10.1 Å². The highest BCUT2D eigenvalue weighted by Gasteiger charge is 2.01. The predicted octanol–water partition coefficient (Wildman–Crippen LogP) is 2.32. The molecule has 0 fully saturated rings. The van der Waals surface area contributed by atoms with Gasteiger partial charge >= 0.3 is 0 Å². The first-order chi connectivity index (χ1) is 8.29. The standard InChI is InChI=1S/C14H18N2O/c1-16-8-7-12(11-16)9-15-10-13-5-3-4-6-14(13)17-2/h3-8,11,15H,9-10H2,1-2H3. The van der Waals surface area contributed by atoms with Crippen LogP contribution in [0.1, 0.15) is 11.1 Å². The lowest BCUT2D eigenvalue weighted by atomic mass is 10.2. The van der Waals surface area contributed by atoms with Crippen molar-refractivity contribution >= 4 is 0 Å². The first-order valence-electron chi connectivity index (χ1n) is 5.73. The third-order valence-electron chi connectivity index (χ3n) is 2.73. The Kier molecular flexibility index (Phi) is 3.83. The average molecular weight is 230 g/mol. The van der Waals surface area contributed by atoms with Crippen LogP contribution in [0.15, 0.2) is 42.7 Å². The van der Waals surface area contributed by atoms with Gasteiger partial charge in [0.25, 0.3) is 0 Å². The van der Waals surface area contributed by atoms with Crippen LogP contribution >= 0.6 is 0 Å². The highest BCUT2D eigenvalue weighted by Crippen LogP contribution is 2.16. The van der Waals surface area contributed by atoms with Gasteiger partial charge in [0.15, 0.2) is 0 Å². The number of nitrogens with one attached hydrogen (secondary N) is 1. The van der Waals surface area contributed by atoms with E-state index in [4.69, 9.17) is 4.74 Å². The van der Waals surface area contributed by atoms with E-state index < -0.39 is 0 Å². The Morgan fingerprint density at radius 1 is 1.18 bits per heavy atom. The summed E-state index contributed by atoms with van der Waals surface area (Å²) < 4.78 is 7.36. The molecule has 0 spiro atoms. The Morgan fingerprint density at radius 2 is 2.00 bits per heavy atom. The lowest BCUT2D eigenvalue weighted by molar-refractivity contribution is 0.407. The van der Waals surface area contributed by atoms with Crippen LogP contribution in [0.4, 0.5) is 0 Å². The molecule has 0 amide bonds. The summed E-state index contributed by atoms with van der Waals surface area (Å²) in [5.41, 5.74) is 2.48. The van der Waals surface area contributed by atoms with Gasteiger partial charge in [-0.15, -0.1) is 0 Å². The fourth-order valence-corrected chi connectivity index (χ4v) is 1.86. The Hall–Kier alpha value is -1.74. The minimum atomic E-state index is 0.818. The molecule has 0 aliphatic heterocycles. The van der Waals surface area contributed by atoms with Crippen molar-refractivity contribution in [2.24, 2.45) is 7.05 Å². The molecule has 2 rings (SSSR count). The molecule has 0 saturated heterocycles. The molecule has 0 unspecified atom stereocenters. The molecule has 3 nitrogen and oxygen atoms in total. The zero-order valence-corrected chi connectivity index (χ0v) is 10.3. The molecule has 90 valence electrons. The van der Waals surface area contributed by atoms with Crippen LogP contribution in [0.3, 0.4) is 0 Å². The van der Waals surface area contributed by atoms with Crippen molar-refractivity contribution in [2.45, 2.75) is 13.1 Å². The van der Waals surface area contributed by atoms with E-state index in [1.54, 1.807) is 7.11 Å². The maximum Gasteiger partial charge on any atom is 0.123 e. The summed E-state index contributed by atoms with van der Waals surface area (Å²) in [6.45, 7) is 1.69. The first kappa shape index (κ1) is 11.7. The number of para-hydroxylation sites is 1. The fraction of sp³-hybridized carbons (Fsp3) is 0.286. The average Bonchev–Trinajstić information content (AvgIpc) is 2.76. The van der Waals surface area contributed by atoms with Crippen LogP contribution in [0, 0.1) is 0 Å². The third-order valence-corrected chi connectivity index (χ3v) is 2.73. The molecule has 0 bridgehead atoms. The number of benzene rings is 1. The fourth-order valence-electron chi connectivity index (χ4n) is 1.86. The van der Waals surface area contributed by atoms with Crippen molar-refractivity contribution in [3.8, 4) is 5.75 Å². The second kappa shape index (κ2) is 5.55. The molecular weight excluding hydrogens is 212 g/mol. The van der Waals surface area contributed by atoms with Gasteiger partial charge in [-0.25, -0.2) is 0 Å². The number of nitrogens with zero attached hydrogens (tertiary/aromatic N) is 1. The second-order valence-corrected chi connectivity index (χ2v) is 4.10. The second-order valence-electron chi connectivity index (χ2n) is 4.10. The summed E-state index contributed by atoms with van der Waals surface area (Å²) in [6, 6.07) is 10.2. The van der Waals surface area contributed by atoms with Gasteiger partial charge in [0, 0.05) is 38.1 Å². The maximum atomic E-state index is 5.31. The minimum Gasteiger partial charge on any atom is -0.496 e. The molecule has 0 radical (unpaired) electrons. The summed E-state index contributed by atoms with van der Waals surface area (Å²) in [5, 5.41) is 3.41. The molecule has 0 atom stereocenters. The van der Waals surface area contributed by atoms with Gasteiger partial charge in [-0.1, -0.05) is 18.2 Å². The number of ether oxygens (including phenoxy) is 1. The number of methoxy groups -OCH3 is 1. The number of hydrogen-bond donors (Lipinski definition) is 1. The summed E-state index contributed by atoms with van der Waals surface area (Å²) >= 11 is 0. The summed E-state index contributed by atoms with van der Waals surface area (Å²) in [4.78, 5) is 0. The van der Waals surface area contributed by atoms with Crippen molar-refractivity contribution in [1.29, 1.82) is 0 Å². The van der Waals surface area contributed by atoms with Crippen LogP contribution in [0.2, 0.25) is 0 Å². The Balaban J connectivity index is 1.89. The number of rotatable bonds is 5. The molecule has 0 aliphatic rings. The Labute approximate surface area is 102 Å². The van der Waals surface area contributed by atoms with Gasteiger partial charge in [-0.2, -0.15) is 0 Å². The number of hydrogen-bond acceptors (Lipinski definition) is 2. The van der Waals surface area contributed by atoms with E-state index in [0.717, 1.165) is 18.8 Å². The van der Waals surface area contributed by atoms with Crippen molar-refractivity contribution in [2.75, 3.05) is 7.11 Å². The van der Waals surface area contributed by atoms with Gasteiger partial charge in [0.2, 0.25) is 0 Å². The van der Waals surface area contributed by atoms with Crippen molar-refractivity contribution in [3.63, 3.8) is 0 Å². The van der Waals surface area contributed by atoms with Gasteiger partial charge < -0.3 is 14.6 Å². The van der Waals surface area contributed by atoms with Crippen molar-refractivity contribution in [3.05, 3.63) is 53.9 Å². The molecule has 1 heterocycles. The third kappa shape index (κ3) is 3.11. The van der Waals surface area contributed by atoms with E-state index >= 15 is 0 Å². The minimum absolute atomic E-state index is 0.818. The maximum absolute atomic E-state index is 5.31. The van der Waals surface area contributed by atoms with Crippen molar-refractivity contribution in [1.82, 2.24) is 9.88 Å². The molecule has 17 heavy (non-hydrogen) atoms. The summed E-state index contributed by atoms with van der Waals surface area (Å²) in [6.07, 6.45) is 4.18. The predicted molar refractivity (Wildman–Crippen MR) is 69.0 cm³/mol. The summed E-state index contributed by atoms with van der Waals surface area (Å²) in [7, 11) is 3.74. The largest absolute Gasteiger partial charge is 0.496 e. The van der Waals surface area contributed by atoms with E-state index in [2.05, 4.69) is 34.4 Å². The van der Waals surface area contributed by atoms with Gasteiger partial charge in [-0.05, 0) is 17.7 Å². The molecular formula is C14H18N2O. The smallest absolute Gasteiger partial charge is 0.123 e. The van der Waals surface area contributed by atoms with E-state index in [0.29, 0.717) is 0 Å². The molecule has 1 aromatic carbocycles. The van der Waals surface area contributed by atoms with Crippen LogP contribution in [0.25, 0.3) is 0 Å². The lowest BCUT2D eigenvalue weighted by Crippen LogP contribution is -2.12. The number of aromatic nitrogens is 1. The van der Waals surface area contributed by atoms with Crippen LogP contribution in [-0.2, 0) is 20.1 Å². The van der Waals surface area contributed by atoms with Crippen molar-refractivity contribution < 1.29 is 4.74 Å². The molecule has 1 N–H and O–H groups in total. The molecule has 2 aromatic rings. The normalized spacial score (nSPS) is 10.5. The van der Waals surface area contributed by atoms with E-state index in [1.165, 1.54) is 11.1 Å². The molecule has 0 saturated carbocycles. The van der Waals surface area contributed by atoms with Crippen LogP contribution in [0.5, 0.6) is 5.75 Å². The topological polar surface area (TPSA) is 26.2 Å². The highest BCUT2D eigenvalue weighted by atomic mass is 16.5. The Bertz CT molecular complexity index is 477. The molecule has 1 aromatic heterocycles. The van der Waals surface area contributed by atoms with Gasteiger partial charge in [0.05, 0.1) is 7.11 Å². The van der Waals surface area contributed by atoms with Gasteiger partial charge in [-0.3, -0.25) is 0 Å². The monoisotopic (exact) mass is 230 g/mol. The zero-order chi connectivity index (χ0) is 12.1. The summed E-state index contributed by atoms with van der Waals surface area (Å²) in [5.74, 6) is 0.938. The lowest BCUT2D eigenvalue weighted by Gasteiger charge is -2.08. The molecule has 0 aliphatic carbocycles. The van der Waals surface area contributed by atoms with E-state index in [9.17, 15) is 0 Å². The SMILES string of the molecule is COc1ccccc1CNCc1ccn(C)c1. The van der Waals surface area contributed by atoms with Gasteiger partial charge in [0.1, 0.15) is 5.75 Å². The van der Waals surface area contributed by atoms with Crippen LogP contribution in [-0.4, -0.2) is 11.7 Å². The number of aryl methyl sites for hydroxylation is 1. The van der Waals surface area contributed by atoms with E-state index in [-0.39, 0.29) is 0 Å². The molecule has 3 heteroatoms.